The summed E-state index contributed by atoms with van der Waals surface area (Å²) in [5.74, 6) is 0. The van der Waals surface area contributed by atoms with Crippen LogP contribution >= 0.6 is 0 Å². The third-order valence-corrected chi connectivity index (χ3v) is 3.24. The van der Waals surface area contributed by atoms with Crippen LogP contribution in [0.25, 0.3) is 0 Å². The van der Waals surface area contributed by atoms with Crippen LogP contribution in [0, 0.1) is 18.3 Å². The Hall–Kier alpha value is -1.53. The second-order valence-corrected chi connectivity index (χ2v) is 4.42. The normalized spacial score (nSPS) is 10.4. The van der Waals surface area contributed by atoms with E-state index in [0.717, 1.165) is 49.4 Å². The highest BCUT2D eigenvalue weighted by Crippen LogP contribution is 2.19. The monoisotopic (exact) mass is 245 g/mol. The standard InChI is InChI=1S/C15H23N3/c1-4-18(5-2)11-7-10-17-15-13(3)8-6-9-14(15)12-16/h6,8-9,17H,4-5,7,10-11H2,1-3H3. The minimum absolute atomic E-state index is 0.734. The van der Waals surface area contributed by atoms with E-state index in [2.05, 4.69) is 30.1 Å². The number of rotatable bonds is 7. The lowest BCUT2D eigenvalue weighted by molar-refractivity contribution is 0.303. The van der Waals surface area contributed by atoms with Gasteiger partial charge in [-0.2, -0.15) is 5.26 Å². The molecule has 0 saturated heterocycles. The number of anilines is 1. The number of nitriles is 1. The highest BCUT2D eigenvalue weighted by molar-refractivity contribution is 5.62. The van der Waals surface area contributed by atoms with Crippen LogP contribution in [0.1, 0.15) is 31.4 Å². The van der Waals surface area contributed by atoms with Crippen molar-refractivity contribution in [2.45, 2.75) is 27.2 Å². The molecule has 0 spiro atoms. The van der Waals surface area contributed by atoms with Crippen molar-refractivity contribution in [1.82, 2.24) is 4.90 Å². The number of nitrogens with one attached hydrogen (secondary N) is 1. The SMILES string of the molecule is CCN(CC)CCCNc1c(C)cccc1C#N. The quantitative estimate of drug-likeness (QED) is 0.751. The molecule has 18 heavy (non-hydrogen) atoms. The van der Waals surface area contributed by atoms with Gasteiger partial charge in [0.2, 0.25) is 0 Å². The molecule has 0 aliphatic rings. The highest BCUT2D eigenvalue weighted by atomic mass is 15.1. The van der Waals surface area contributed by atoms with Crippen LogP contribution in [-0.2, 0) is 0 Å². The van der Waals surface area contributed by atoms with Gasteiger partial charge in [-0.1, -0.05) is 26.0 Å². The molecule has 0 aliphatic heterocycles. The summed E-state index contributed by atoms with van der Waals surface area (Å²) in [4.78, 5) is 2.41. The number of hydrogen-bond acceptors (Lipinski definition) is 3. The van der Waals surface area contributed by atoms with Crippen molar-refractivity contribution in [2.75, 3.05) is 31.5 Å². The Morgan fingerprint density at radius 1 is 1.28 bits per heavy atom. The molecule has 0 heterocycles. The Balaban J connectivity index is 2.47. The van der Waals surface area contributed by atoms with Crippen molar-refractivity contribution in [3.05, 3.63) is 29.3 Å². The molecule has 3 heteroatoms. The fourth-order valence-corrected chi connectivity index (χ4v) is 2.05. The molecule has 0 amide bonds. The lowest BCUT2D eigenvalue weighted by Gasteiger charge is -2.18. The predicted octanol–water partition coefficient (Wildman–Crippen LogP) is 3.01. The Morgan fingerprint density at radius 2 is 2.00 bits per heavy atom. The molecule has 0 bridgehead atoms. The number of nitrogens with zero attached hydrogens (tertiary/aromatic N) is 2. The van der Waals surface area contributed by atoms with Crippen LogP contribution in [0.5, 0.6) is 0 Å². The van der Waals surface area contributed by atoms with Gasteiger partial charge in [0.25, 0.3) is 0 Å². The maximum absolute atomic E-state index is 9.07. The van der Waals surface area contributed by atoms with Gasteiger partial charge in [-0.15, -0.1) is 0 Å². The maximum Gasteiger partial charge on any atom is 0.101 e. The van der Waals surface area contributed by atoms with E-state index >= 15 is 0 Å². The van der Waals surface area contributed by atoms with Gasteiger partial charge >= 0.3 is 0 Å². The van der Waals surface area contributed by atoms with Gasteiger partial charge in [0.1, 0.15) is 6.07 Å². The van der Waals surface area contributed by atoms with Crippen molar-refractivity contribution >= 4 is 5.69 Å². The van der Waals surface area contributed by atoms with Crippen LogP contribution in [0.2, 0.25) is 0 Å². The maximum atomic E-state index is 9.07. The first-order valence-electron chi connectivity index (χ1n) is 6.68. The minimum Gasteiger partial charge on any atom is -0.384 e. The summed E-state index contributed by atoms with van der Waals surface area (Å²) in [6, 6.07) is 8.06. The van der Waals surface area contributed by atoms with E-state index in [0.29, 0.717) is 0 Å². The third-order valence-electron chi connectivity index (χ3n) is 3.24. The van der Waals surface area contributed by atoms with E-state index in [-0.39, 0.29) is 0 Å². The van der Waals surface area contributed by atoms with Crippen LogP contribution in [0.4, 0.5) is 5.69 Å². The summed E-state index contributed by atoms with van der Waals surface area (Å²) >= 11 is 0. The summed E-state index contributed by atoms with van der Waals surface area (Å²) < 4.78 is 0. The van der Waals surface area contributed by atoms with E-state index in [1.54, 1.807) is 0 Å². The zero-order valence-corrected chi connectivity index (χ0v) is 11.7. The smallest absolute Gasteiger partial charge is 0.101 e. The largest absolute Gasteiger partial charge is 0.384 e. The zero-order chi connectivity index (χ0) is 13.4. The summed E-state index contributed by atoms with van der Waals surface area (Å²) in [6.45, 7) is 10.6. The van der Waals surface area contributed by atoms with Crippen molar-refractivity contribution < 1.29 is 0 Å². The second-order valence-electron chi connectivity index (χ2n) is 4.42. The van der Waals surface area contributed by atoms with Crippen LogP contribution < -0.4 is 5.32 Å². The molecule has 1 rings (SSSR count). The molecule has 0 aromatic heterocycles. The average molecular weight is 245 g/mol. The Kier molecular flexibility index (Phi) is 6.24. The van der Waals surface area contributed by atoms with E-state index < -0.39 is 0 Å². The summed E-state index contributed by atoms with van der Waals surface area (Å²) in [7, 11) is 0. The molecule has 1 aromatic rings. The summed E-state index contributed by atoms with van der Waals surface area (Å²) in [5.41, 5.74) is 2.86. The van der Waals surface area contributed by atoms with E-state index in [9.17, 15) is 0 Å². The van der Waals surface area contributed by atoms with E-state index in [1.165, 1.54) is 0 Å². The molecule has 1 aromatic carbocycles. The molecule has 98 valence electrons. The average Bonchev–Trinajstić information content (AvgIpc) is 2.40. The van der Waals surface area contributed by atoms with Crippen LogP contribution in [0.3, 0.4) is 0 Å². The molecule has 0 unspecified atom stereocenters. The van der Waals surface area contributed by atoms with Gasteiger partial charge in [0.05, 0.1) is 11.3 Å². The highest BCUT2D eigenvalue weighted by Gasteiger charge is 2.04. The van der Waals surface area contributed by atoms with Gasteiger partial charge in [-0.25, -0.2) is 0 Å². The van der Waals surface area contributed by atoms with Crippen molar-refractivity contribution in [3.63, 3.8) is 0 Å². The Labute approximate surface area is 110 Å². The summed E-state index contributed by atoms with van der Waals surface area (Å²) in [6.07, 6.45) is 1.10. The van der Waals surface area contributed by atoms with Crippen molar-refractivity contribution in [2.24, 2.45) is 0 Å². The lowest BCUT2D eigenvalue weighted by Crippen LogP contribution is -2.25. The summed E-state index contributed by atoms with van der Waals surface area (Å²) in [5, 5.41) is 12.5. The molecular weight excluding hydrogens is 222 g/mol. The number of aryl methyl sites for hydroxylation is 1. The first-order chi connectivity index (χ1) is 8.72. The van der Waals surface area contributed by atoms with E-state index in [4.69, 9.17) is 5.26 Å². The first-order valence-corrected chi connectivity index (χ1v) is 6.68. The minimum atomic E-state index is 0.734. The van der Waals surface area contributed by atoms with Gasteiger partial charge < -0.3 is 10.2 Å². The van der Waals surface area contributed by atoms with Gasteiger partial charge in [0, 0.05) is 6.54 Å². The van der Waals surface area contributed by atoms with Crippen LogP contribution in [0.15, 0.2) is 18.2 Å². The molecule has 1 N–H and O–H groups in total. The van der Waals surface area contributed by atoms with Gasteiger partial charge in [-0.3, -0.25) is 0 Å². The topological polar surface area (TPSA) is 39.1 Å². The van der Waals surface area contributed by atoms with Crippen LogP contribution in [-0.4, -0.2) is 31.1 Å². The van der Waals surface area contributed by atoms with Crippen molar-refractivity contribution in [3.8, 4) is 6.07 Å². The molecule has 0 radical (unpaired) electrons. The van der Waals surface area contributed by atoms with Gasteiger partial charge in [-0.05, 0) is 44.6 Å². The molecular formula is C15H23N3. The molecule has 0 aliphatic carbocycles. The zero-order valence-electron chi connectivity index (χ0n) is 11.7. The molecule has 0 fully saturated rings. The number of benzene rings is 1. The van der Waals surface area contributed by atoms with E-state index in [1.807, 2.05) is 25.1 Å². The number of para-hydroxylation sites is 1. The fraction of sp³-hybridized carbons (Fsp3) is 0.533. The van der Waals surface area contributed by atoms with Crippen molar-refractivity contribution in [1.29, 1.82) is 5.26 Å². The molecule has 3 nitrogen and oxygen atoms in total. The fourth-order valence-electron chi connectivity index (χ4n) is 2.05. The first kappa shape index (κ1) is 14.5. The van der Waals surface area contributed by atoms with Gasteiger partial charge in [0.15, 0.2) is 0 Å². The Morgan fingerprint density at radius 3 is 2.61 bits per heavy atom. The number of hydrogen-bond donors (Lipinski definition) is 1. The molecule has 0 atom stereocenters. The third kappa shape index (κ3) is 4.05. The lowest BCUT2D eigenvalue weighted by atomic mass is 10.1. The molecule has 0 saturated carbocycles. The Bertz CT molecular complexity index is 403. The second kappa shape index (κ2) is 7.73. The predicted molar refractivity (Wildman–Crippen MR) is 76.8 cm³/mol.